The van der Waals surface area contributed by atoms with E-state index < -0.39 is 17.7 Å². The molecule has 1 aromatic carbocycles. The van der Waals surface area contributed by atoms with Crippen molar-refractivity contribution in [1.29, 1.82) is 10.5 Å². The maximum atomic E-state index is 12.6. The van der Waals surface area contributed by atoms with E-state index in [0.29, 0.717) is 0 Å². The minimum Gasteiger partial charge on any atom is -0.434 e. The number of aromatic amines is 1. The number of nitrogens with one attached hydrogen (secondary N) is 1. The second kappa shape index (κ2) is 6.34. The van der Waals surface area contributed by atoms with Gasteiger partial charge in [-0.15, -0.1) is 0 Å². The van der Waals surface area contributed by atoms with Crippen LogP contribution in [0.5, 0.6) is 5.75 Å². The topological polar surface area (TPSA) is 116 Å². The lowest BCUT2D eigenvalue weighted by molar-refractivity contribution is -0.0494. The first-order chi connectivity index (χ1) is 10.9. The number of halogens is 3. The van der Waals surface area contributed by atoms with Crippen LogP contribution in [-0.2, 0) is 0 Å². The molecule has 116 valence electrons. The Kier molecular flexibility index (Phi) is 4.49. The number of nitrogen functional groups attached to an aromatic ring is 1. The standard InChI is InChI=1S/C14H7ClF2N4O2/c15-6-1-2-10(23-14(16)17)7(3-6)11-8(4-18)12(20)21-13(22)9(11)5-19/h1-3,14H,(H3,20,21,22). The van der Waals surface area contributed by atoms with Crippen LogP contribution >= 0.6 is 11.6 Å². The molecule has 0 amide bonds. The number of pyridine rings is 1. The first-order valence-corrected chi connectivity index (χ1v) is 6.37. The predicted octanol–water partition coefficient (Wildman–Crippen LogP) is 2.62. The average molecular weight is 337 g/mol. The van der Waals surface area contributed by atoms with E-state index in [1.165, 1.54) is 12.1 Å². The third-order valence-electron chi connectivity index (χ3n) is 2.90. The molecule has 0 aliphatic heterocycles. The van der Waals surface area contributed by atoms with Crippen LogP contribution in [-0.4, -0.2) is 11.6 Å². The van der Waals surface area contributed by atoms with E-state index in [2.05, 4.69) is 9.72 Å². The van der Waals surface area contributed by atoms with Gasteiger partial charge in [-0.2, -0.15) is 19.3 Å². The summed E-state index contributed by atoms with van der Waals surface area (Å²) in [5, 5.41) is 18.5. The molecule has 2 aromatic rings. The predicted molar refractivity (Wildman–Crippen MR) is 78.0 cm³/mol. The fourth-order valence-corrected chi connectivity index (χ4v) is 2.18. The molecule has 6 nitrogen and oxygen atoms in total. The maximum absolute atomic E-state index is 12.6. The average Bonchev–Trinajstić information content (AvgIpc) is 2.48. The van der Waals surface area contributed by atoms with Crippen LogP contribution in [0.3, 0.4) is 0 Å². The molecule has 9 heteroatoms. The van der Waals surface area contributed by atoms with Gasteiger partial charge in [0.15, 0.2) is 0 Å². The fraction of sp³-hybridized carbons (Fsp3) is 0.0714. The molecule has 0 bridgehead atoms. The lowest BCUT2D eigenvalue weighted by Gasteiger charge is -2.14. The summed E-state index contributed by atoms with van der Waals surface area (Å²) in [5.74, 6) is -0.642. The Hall–Kier alpha value is -3.10. The molecule has 3 N–H and O–H groups in total. The molecule has 0 atom stereocenters. The van der Waals surface area contributed by atoms with Crippen LogP contribution in [0, 0.1) is 22.7 Å². The van der Waals surface area contributed by atoms with E-state index in [1.807, 2.05) is 0 Å². The highest BCUT2D eigenvalue weighted by Gasteiger charge is 2.22. The van der Waals surface area contributed by atoms with Crippen molar-refractivity contribution in [3.63, 3.8) is 0 Å². The number of benzene rings is 1. The van der Waals surface area contributed by atoms with E-state index in [1.54, 1.807) is 12.1 Å². The second-order valence-electron chi connectivity index (χ2n) is 4.24. The lowest BCUT2D eigenvalue weighted by Crippen LogP contribution is -2.16. The normalized spacial score (nSPS) is 10.2. The molecule has 1 heterocycles. The van der Waals surface area contributed by atoms with Crippen molar-refractivity contribution < 1.29 is 13.5 Å². The molecule has 0 saturated carbocycles. The van der Waals surface area contributed by atoms with Crippen molar-refractivity contribution in [2.24, 2.45) is 0 Å². The number of rotatable bonds is 3. The molecular formula is C14H7ClF2N4O2. The summed E-state index contributed by atoms with van der Waals surface area (Å²) in [4.78, 5) is 14.0. The number of nitrogens with zero attached hydrogens (tertiary/aromatic N) is 2. The van der Waals surface area contributed by atoms with Gasteiger partial charge < -0.3 is 15.5 Å². The Morgan fingerprint density at radius 3 is 2.48 bits per heavy atom. The molecule has 0 fully saturated rings. The molecule has 0 saturated heterocycles. The highest BCUT2D eigenvalue weighted by atomic mass is 35.5. The quantitative estimate of drug-likeness (QED) is 0.893. The van der Waals surface area contributed by atoms with Gasteiger partial charge in [0, 0.05) is 16.1 Å². The van der Waals surface area contributed by atoms with E-state index in [-0.39, 0.29) is 33.3 Å². The van der Waals surface area contributed by atoms with Crippen molar-refractivity contribution in [1.82, 2.24) is 4.98 Å². The van der Waals surface area contributed by atoms with E-state index >= 15 is 0 Å². The minimum absolute atomic E-state index is 0.108. The van der Waals surface area contributed by atoms with Crippen molar-refractivity contribution >= 4 is 17.4 Å². The zero-order valence-corrected chi connectivity index (χ0v) is 12.0. The zero-order valence-electron chi connectivity index (χ0n) is 11.2. The zero-order chi connectivity index (χ0) is 17.1. The minimum atomic E-state index is -3.15. The Labute approximate surface area is 133 Å². The summed E-state index contributed by atoms with van der Waals surface area (Å²) in [6.07, 6.45) is 0. The Morgan fingerprint density at radius 2 is 1.91 bits per heavy atom. The summed E-state index contributed by atoms with van der Waals surface area (Å²) < 4.78 is 29.5. The molecule has 0 aliphatic rings. The van der Waals surface area contributed by atoms with Gasteiger partial charge in [0.1, 0.15) is 34.8 Å². The first-order valence-electron chi connectivity index (χ1n) is 5.99. The summed E-state index contributed by atoms with van der Waals surface area (Å²) >= 11 is 5.85. The summed E-state index contributed by atoms with van der Waals surface area (Å²) in [6, 6.07) is 6.99. The Morgan fingerprint density at radius 1 is 1.26 bits per heavy atom. The number of anilines is 1. The third kappa shape index (κ3) is 3.07. The van der Waals surface area contributed by atoms with Crippen molar-refractivity contribution in [3.05, 3.63) is 44.7 Å². The number of aromatic nitrogens is 1. The van der Waals surface area contributed by atoms with E-state index in [9.17, 15) is 24.1 Å². The molecular weight excluding hydrogens is 330 g/mol. The van der Waals surface area contributed by atoms with Gasteiger partial charge in [-0.05, 0) is 18.2 Å². The number of H-pyrrole nitrogens is 1. The summed E-state index contributed by atoms with van der Waals surface area (Å²) in [5.41, 5.74) is 3.68. The van der Waals surface area contributed by atoms with Gasteiger partial charge in [0.25, 0.3) is 5.56 Å². The fourth-order valence-electron chi connectivity index (χ4n) is 2.01. The number of nitriles is 2. The molecule has 23 heavy (non-hydrogen) atoms. The van der Waals surface area contributed by atoms with Crippen LogP contribution in [0.2, 0.25) is 5.02 Å². The van der Waals surface area contributed by atoms with Gasteiger partial charge in [0.2, 0.25) is 0 Å². The monoisotopic (exact) mass is 336 g/mol. The number of hydrogen-bond donors (Lipinski definition) is 2. The van der Waals surface area contributed by atoms with Gasteiger partial charge in [-0.1, -0.05) is 11.6 Å². The SMILES string of the molecule is N#Cc1c(N)[nH]c(=O)c(C#N)c1-c1cc(Cl)ccc1OC(F)F. The van der Waals surface area contributed by atoms with Crippen molar-refractivity contribution in [3.8, 4) is 29.0 Å². The highest BCUT2D eigenvalue weighted by Crippen LogP contribution is 2.37. The number of ether oxygens (including phenoxy) is 1. The van der Waals surface area contributed by atoms with Crippen molar-refractivity contribution in [2.45, 2.75) is 6.61 Å². The highest BCUT2D eigenvalue weighted by molar-refractivity contribution is 6.31. The third-order valence-corrected chi connectivity index (χ3v) is 3.13. The molecule has 0 spiro atoms. The molecule has 0 unspecified atom stereocenters. The summed E-state index contributed by atoms with van der Waals surface area (Å²) in [6.45, 7) is -3.15. The van der Waals surface area contributed by atoms with Crippen LogP contribution < -0.4 is 16.0 Å². The number of hydrogen-bond acceptors (Lipinski definition) is 5. The largest absolute Gasteiger partial charge is 0.434 e. The van der Waals surface area contributed by atoms with Gasteiger partial charge in [0.05, 0.1) is 0 Å². The van der Waals surface area contributed by atoms with Crippen LogP contribution in [0.15, 0.2) is 23.0 Å². The van der Waals surface area contributed by atoms with E-state index in [0.717, 1.165) is 6.07 Å². The van der Waals surface area contributed by atoms with Crippen LogP contribution in [0.1, 0.15) is 11.1 Å². The van der Waals surface area contributed by atoms with E-state index in [4.69, 9.17) is 17.3 Å². The first kappa shape index (κ1) is 16.3. The number of alkyl halides is 2. The van der Waals surface area contributed by atoms with Gasteiger partial charge >= 0.3 is 6.61 Å². The lowest BCUT2D eigenvalue weighted by atomic mass is 9.96. The molecule has 1 aromatic heterocycles. The second-order valence-corrected chi connectivity index (χ2v) is 4.67. The van der Waals surface area contributed by atoms with Gasteiger partial charge in [-0.3, -0.25) is 4.79 Å². The summed E-state index contributed by atoms with van der Waals surface area (Å²) in [7, 11) is 0. The number of nitrogens with two attached hydrogens (primary N) is 1. The Bertz CT molecular complexity index is 913. The molecule has 0 aliphatic carbocycles. The van der Waals surface area contributed by atoms with Crippen LogP contribution in [0.25, 0.3) is 11.1 Å². The Balaban J connectivity index is 2.92. The molecule has 0 radical (unpaired) electrons. The maximum Gasteiger partial charge on any atom is 0.387 e. The van der Waals surface area contributed by atoms with Gasteiger partial charge in [-0.25, -0.2) is 0 Å². The smallest absolute Gasteiger partial charge is 0.387 e. The molecule has 2 rings (SSSR count). The van der Waals surface area contributed by atoms with Crippen LogP contribution in [0.4, 0.5) is 14.6 Å². The van der Waals surface area contributed by atoms with Crippen molar-refractivity contribution in [2.75, 3.05) is 5.73 Å².